The molecule has 150 valence electrons. The minimum Gasteiger partial charge on any atom is -0.496 e. The summed E-state index contributed by atoms with van der Waals surface area (Å²) in [7, 11) is 1.66. The number of carbonyl (C=O) groups excluding carboxylic acids is 1. The molecule has 0 saturated heterocycles. The minimum absolute atomic E-state index is 0.0693. The third kappa shape index (κ3) is 5.35. The summed E-state index contributed by atoms with van der Waals surface area (Å²) in [5, 5.41) is 3.33. The van der Waals surface area contributed by atoms with E-state index in [1.165, 1.54) is 0 Å². The van der Waals surface area contributed by atoms with Crippen LogP contribution in [0.4, 0.5) is 5.69 Å². The van der Waals surface area contributed by atoms with Crippen molar-refractivity contribution in [1.29, 1.82) is 0 Å². The normalized spacial score (nSPS) is 10.6. The van der Waals surface area contributed by atoms with Gasteiger partial charge in [0.2, 0.25) is 0 Å². The Bertz CT molecular complexity index is 924. The Morgan fingerprint density at radius 1 is 1.03 bits per heavy atom. The summed E-state index contributed by atoms with van der Waals surface area (Å²) in [6.07, 6.45) is 1.70. The van der Waals surface area contributed by atoms with Crippen LogP contribution < -0.4 is 10.1 Å². The average Bonchev–Trinajstić information content (AvgIpc) is 2.76. The number of aromatic nitrogens is 1. The quantitative estimate of drug-likeness (QED) is 0.604. The fourth-order valence-corrected chi connectivity index (χ4v) is 3.09. The molecule has 0 spiro atoms. The van der Waals surface area contributed by atoms with E-state index in [2.05, 4.69) is 10.3 Å². The SMILES string of the molecule is COc1ccccc1CNc1ccc(C(=O)N(Cc2ccccc2)C(C)C)nc1. The molecule has 3 rings (SSSR count). The molecule has 0 atom stereocenters. The lowest BCUT2D eigenvalue weighted by molar-refractivity contribution is 0.0684. The summed E-state index contributed by atoms with van der Waals surface area (Å²) in [5.74, 6) is 0.772. The number of anilines is 1. The second-order valence-corrected chi connectivity index (χ2v) is 7.11. The molecule has 0 aliphatic carbocycles. The maximum Gasteiger partial charge on any atom is 0.272 e. The van der Waals surface area contributed by atoms with E-state index >= 15 is 0 Å². The highest BCUT2D eigenvalue weighted by Gasteiger charge is 2.20. The number of hydrogen-bond acceptors (Lipinski definition) is 4. The van der Waals surface area contributed by atoms with Gasteiger partial charge in [-0.05, 0) is 37.6 Å². The number of carbonyl (C=O) groups is 1. The lowest BCUT2D eigenvalue weighted by Crippen LogP contribution is -2.36. The summed E-state index contributed by atoms with van der Waals surface area (Å²) in [6.45, 7) is 5.21. The van der Waals surface area contributed by atoms with Gasteiger partial charge in [0.1, 0.15) is 11.4 Å². The minimum atomic E-state index is -0.0693. The van der Waals surface area contributed by atoms with Crippen LogP contribution in [0, 0.1) is 0 Å². The number of nitrogens with zero attached hydrogens (tertiary/aromatic N) is 2. The molecule has 29 heavy (non-hydrogen) atoms. The molecule has 1 heterocycles. The maximum absolute atomic E-state index is 13.0. The molecule has 5 heteroatoms. The highest BCUT2D eigenvalue weighted by atomic mass is 16.5. The zero-order chi connectivity index (χ0) is 20.6. The van der Waals surface area contributed by atoms with Gasteiger partial charge in [0, 0.05) is 24.7 Å². The Morgan fingerprint density at radius 3 is 2.41 bits per heavy atom. The summed E-state index contributed by atoms with van der Waals surface area (Å²) >= 11 is 0. The molecule has 0 radical (unpaired) electrons. The van der Waals surface area contributed by atoms with E-state index in [1.54, 1.807) is 19.4 Å². The van der Waals surface area contributed by atoms with E-state index in [9.17, 15) is 4.79 Å². The largest absolute Gasteiger partial charge is 0.496 e. The fraction of sp³-hybridized carbons (Fsp3) is 0.250. The van der Waals surface area contributed by atoms with Gasteiger partial charge in [0.25, 0.3) is 5.91 Å². The average molecular weight is 389 g/mol. The third-order valence-corrected chi connectivity index (χ3v) is 4.74. The van der Waals surface area contributed by atoms with Crippen LogP contribution in [0.3, 0.4) is 0 Å². The molecule has 0 bridgehead atoms. The zero-order valence-corrected chi connectivity index (χ0v) is 17.1. The Balaban J connectivity index is 1.67. The van der Waals surface area contributed by atoms with Crippen LogP contribution in [-0.2, 0) is 13.1 Å². The smallest absolute Gasteiger partial charge is 0.272 e. The van der Waals surface area contributed by atoms with Crippen LogP contribution in [0.5, 0.6) is 5.75 Å². The van der Waals surface area contributed by atoms with E-state index < -0.39 is 0 Å². The van der Waals surface area contributed by atoms with Gasteiger partial charge in [0.15, 0.2) is 0 Å². The number of para-hydroxylation sites is 1. The van der Waals surface area contributed by atoms with Crippen molar-refractivity contribution in [1.82, 2.24) is 9.88 Å². The van der Waals surface area contributed by atoms with Crippen LogP contribution in [0.25, 0.3) is 0 Å². The van der Waals surface area contributed by atoms with Gasteiger partial charge < -0.3 is 15.0 Å². The molecular weight excluding hydrogens is 362 g/mol. The predicted molar refractivity (Wildman–Crippen MR) is 116 cm³/mol. The first-order valence-electron chi connectivity index (χ1n) is 9.75. The Kier molecular flexibility index (Phi) is 6.85. The Hall–Kier alpha value is -3.34. The highest BCUT2D eigenvalue weighted by Crippen LogP contribution is 2.19. The van der Waals surface area contributed by atoms with E-state index in [0.717, 1.165) is 22.6 Å². The molecule has 1 N–H and O–H groups in total. The van der Waals surface area contributed by atoms with Crippen LogP contribution in [0.2, 0.25) is 0 Å². The van der Waals surface area contributed by atoms with Gasteiger partial charge in [-0.3, -0.25) is 4.79 Å². The zero-order valence-electron chi connectivity index (χ0n) is 17.1. The molecule has 5 nitrogen and oxygen atoms in total. The summed E-state index contributed by atoms with van der Waals surface area (Å²) in [4.78, 5) is 19.2. The van der Waals surface area contributed by atoms with E-state index in [4.69, 9.17) is 4.74 Å². The van der Waals surface area contributed by atoms with Crippen LogP contribution in [0.15, 0.2) is 72.9 Å². The van der Waals surface area contributed by atoms with Crippen molar-refractivity contribution in [2.24, 2.45) is 0 Å². The standard InChI is InChI=1S/C24H27N3O2/c1-18(2)27(17-19-9-5-4-6-10-19)24(28)22-14-13-21(16-26-22)25-15-20-11-7-8-12-23(20)29-3/h4-14,16,18,25H,15,17H2,1-3H3. The van der Waals surface area contributed by atoms with Gasteiger partial charge in [-0.15, -0.1) is 0 Å². The number of pyridine rings is 1. The van der Waals surface area contributed by atoms with Crippen molar-refractivity contribution in [2.45, 2.75) is 33.0 Å². The van der Waals surface area contributed by atoms with Crippen LogP contribution >= 0.6 is 0 Å². The lowest BCUT2D eigenvalue weighted by atomic mass is 10.1. The number of benzene rings is 2. The predicted octanol–water partition coefficient (Wildman–Crippen LogP) is 4.75. The van der Waals surface area contributed by atoms with Crippen molar-refractivity contribution in [3.63, 3.8) is 0 Å². The number of ether oxygens (including phenoxy) is 1. The first-order chi connectivity index (χ1) is 14.1. The molecule has 0 fully saturated rings. The Morgan fingerprint density at radius 2 is 1.76 bits per heavy atom. The number of methoxy groups -OCH3 is 1. The molecule has 2 aromatic carbocycles. The van der Waals surface area contributed by atoms with Crippen LogP contribution in [0.1, 0.15) is 35.5 Å². The summed E-state index contributed by atoms with van der Waals surface area (Å²) in [5.41, 5.74) is 3.46. The fourth-order valence-electron chi connectivity index (χ4n) is 3.09. The first-order valence-corrected chi connectivity index (χ1v) is 9.75. The Labute approximate surface area is 172 Å². The molecule has 1 amide bonds. The van der Waals surface area contributed by atoms with E-state index in [1.807, 2.05) is 79.4 Å². The number of hydrogen-bond donors (Lipinski definition) is 1. The van der Waals surface area contributed by atoms with E-state index in [0.29, 0.717) is 18.8 Å². The van der Waals surface area contributed by atoms with Crippen molar-refractivity contribution < 1.29 is 9.53 Å². The van der Waals surface area contributed by atoms with Crippen molar-refractivity contribution in [3.8, 4) is 5.75 Å². The molecule has 1 aromatic heterocycles. The monoisotopic (exact) mass is 389 g/mol. The number of nitrogens with one attached hydrogen (secondary N) is 1. The van der Waals surface area contributed by atoms with Crippen molar-refractivity contribution >= 4 is 11.6 Å². The summed E-state index contributed by atoms with van der Waals surface area (Å²) < 4.78 is 5.38. The molecule has 0 unspecified atom stereocenters. The first kappa shape index (κ1) is 20.4. The van der Waals surface area contributed by atoms with Crippen molar-refractivity contribution in [3.05, 3.63) is 89.7 Å². The van der Waals surface area contributed by atoms with Gasteiger partial charge in [-0.25, -0.2) is 4.98 Å². The molecule has 3 aromatic rings. The second kappa shape index (κ2) is 9.73. The second-order valence-electron chi connectivity index (χ2n) is 7.11. The highest BCUT2D eigenvalue weighted by molar-refractivity contribution is 5.92. The number of rotatable bonds is 8. The van der Waals surface area contributed by atoms with E-state index in [-0.39, 0.29) is 11.9 Å². The lowest BCUT2D eigenvalue weighted by Gasteiger charge is -2.26. The maximum atomic E-state index is 13.0. The molecule has 0 saturated carbocycles. The van der Waals surface area contributed by atoms with Gasteiger partial charge in [-0.1, -0.05) is 48.5 Å². The van der Waals surface area contributed by atoms with Crippen molar-refractivity contribution in [2.75, 3.05) is 12.4 Å². The summed E-state index contributed by atoms with van der Waals surface area (Å²) in [6, 6.07) is 21.6. The molecule has 0 aliphatic rings. The molecule has 0 aliphatic heterocycles. The third-order valence-electron chi connectivity index (χ3n) is 4.74. The molecular formula is C24H27N3O2. The number of amides is 1. The topological polar surface area (TPSA) is 54.5 Å². The van der Waals surface area contributed by atoms with Gasteiger partial charge in [0.05, 0.1) is 19.0 Å². The van der Waals surface area contributed by atoms with Crippen LogP contribution in [-0.4, -0.2) is 28.9 Å². The van der Waals surface area contributed by atoms with Gasteiger partial charge >= 0.3 is 0 Å². The van der Waals surface area contributed by atoms with Gasteiger partial charge in [-0.2, -0.15) is 0 Å².